The van der Waals surface area contributed by atoms with E-state index in [1.807, 2.05) is 20.8 Å². The fourth-order valence-corrected chi connectivity index (χ4v) is 0.463. The van der Waals surface area contributed by atoms with Crippen LogP contribution in [0.5, 0.6) is 0 Å². The van der Waals surface area contributed by atoms with Gasteiger partial charge in [-0.3, -0.25) is 10.0 Å². The predicted octanol–water partition coefficient (Wildman–Crippen LogP) is -0.135. The highest BCUT2D eigenvalue weighted by atomic mass is 16.5. The van der Waals surface area contributed by atoms with Crippen molar-refractivity contribution in [2.45, 2.75) is 26.8 Å². The zero-order valence-electron chi connectivity index (χ0n) is 6.51. The minimum Gasteiger partial charge on any atom is -0.319 e. The van der Waals surface area contributed by atoms with Crippen LogP contribution in [0.1, 0.15) is 20.8 Å². The zero-order chi connectivity index (χ0) is 8.36. The summed E-state index contributed by atoms with van der Waals surface area (Å²) in [5, 5.41) is 8.19. The number of nitrogens with two attached hydrogens (primary N) is 1. The Hall–Kier alpha value is -0.610. The Morgan fingerprint density at radius 1 is 1.60 bits per heavy atom. The van der Waals surface area contributed by atoms with Crippen molar-refractivity contribution in [3.05, 3.63) is 0 Å². The quantitative estimate of drug-likeness (QED) is 0.356. The maximum atomic E-state index is 10.7. The first-order chi connectivity index (χ1) is 4.39. The van der Waals surface area contributed by atoms with Crippen LogP contribution in [-0.2, 0) is 4.79 Å². The van der Waals surface area contributed by atoms with E-state index in [0.717, 1.165) is 0 Å². The van der Waals surface area contributed by atoms with Gasteiger partial charge in [-0.15, -0.1) is 0 Å². The van der Waals surface area contributed by atoms with Crippen LogP contribution >= 0.6 is 0 Å². The molecule has 0 bridgehead atoms. The van der Waals surface area contributed by atoms with Crippen LogP contribution in [0, 0.1) is 5.41 Å². The fourth-order valence-electron chi connectivity index (χ4n) is 0.463. The molecule has 0 aromatic rings. The second kappa shape index (κ2) is 2.98. The molecule has 10 heavy (non-hydrogen) atoms. The van der Waals surface area contributed by atoms with Crippen molar-refractivity contribution in [1.82, 2.24) is 5.48 Å². The SMILES string of the molecule is CC(C)(C)[C@H](N)C(=O)NO. The molecule has 1 atom stereocenters. The Morgan fingerprint density at radius 3 is 2.10 bits per heavy atom. The van der Waals surface area contributed by atoms with Gasteiger partial charge in [0.2, 0.25) is 0 Å². The van der Waals surface area contributed by atoms with Gasteiger partial charge >= 0.3 is 0 Å². The van der Waals surface area contributed by atoms with Gasteiger partial charge in [0.05, 0.1) is 6.04 Å². The lowest BCUT2D eigenvalue weighted by Gasteiger charge is -2.24. The van der Waals surface area contributed by atoms with E-state index in [4.69, 9.17) is 10.9 Å². The van der Waals surface area contributed by atoms with Crippen LogP contribution in [0.4, 0.5) is 0 Å². The van der Waals surface area contributed by atoms with Gasteiger partial charge in [-0.2, -0.15) is 0 Å². The molecule has 0 saturated carbocycles. The summed E-state index contributed by atoms with van der Waals surface area (Å²) in [6.07, 6.45) is 0. The average Bonchev–Trinajstić information content (AvgIpc) is 1.83. The highest BCUT2D eigenvalue weighted by Crippen LogP contribution is 2.16. The zero-order valence-corrected chi connectivity index (χ0v) is 6.51. The molecule has 0 heterocycles. The van der Waals surface area contributed by atoms with Gasteiger partial charge < -0.3 is 5.73 Å². The maximum Gasteiger partial charge on any atom is 0.260 e. The summed E-state index contributed by atoms with van der Waals surface area (Å²) in [7, 11) is 0. The Bertz CT molecular complexity index is 128. The van der Waals surface area contributed by atoms with Gasteiger partial charge in [-0.25, -0.2) is 5.48 Å². The molecule has 4 N–H and O–H groups in total. The van der Waals surface area contributed by atoms with Gasteiger partial charge in [-0.1, -0.05) is 20.8 Å². The van der Waals surface area contributed by atoms with Crippen molar-refractivity contribution < 1.29 is 10.0 Å². The average molecular weight is 146 g/mol. The summed E-state index contributed by atoms with van der Waals surface area (Å²) in [5.74, 6) is -0.549. The Balaban J connectivity index is 4.08. The Kier molecular flexibility index (Phi) is 2.80. The third-order valence-corrected chi connectivity index (χ3v) is 1.33. The summed E-state index contributed by atoms with van der Waals surface area (Å²) < 4.78 is 0. The molecule has 0 aromatic carbocycles. The van der Waals surface area contributed by atoms with Crippen molar-refractivity contribution in [1.29, 1.82) is 0 Å². The molecule has 0 radical (unpaired) electrons. The van der Waals surface area contributed by atoms with Gasteiger partial charge in [0, 0.05) is 0 Å². The molecule has 0 aliphatic carbocycles. The lowest BCUT2D eigenvalue weighted by atomic mass is 9.87. The van der Waals surface area contributed by atoms with Crippen molar-refractivity contribution >= 4 is 5.91 Å². The van der Waals surface area contributed by atoms with E-state index < -0.39 is 11.9 Å². The van der Waals surface area contributed by atoms with Crippen molar-refractivity contribution in [2.75, 3.05) is 0 Å². The number of amides is 1. The molecule has 60 valence electrons. The van der Waals surface area contributed by atoms with Crippen LogP contribution < -0.4 is 11.2 Å². The lowest BCUT2D eigenvalue weighted by molar-refractivity contribution is -0.132. The number of carbonyl (C=O) groups excluding carboxylic acids is 1. The van der Waals surface area contributed by atoms with Crippen LogP contribution in [0.2, 0.25) is 0 Å². The number of hydrogen-bond donors (Lipinski definition) is 3. The van der Waals surface area contributed by atoms with Crippen molar-refractivity contribution in [3.63, 3.8) is 0 Å². The van der Waals surface area contributed by atoms with Crippen molar-refractivity contribution in [2.24, 2.45) is 11.1 Å². The molecular weight excluding hydrogens is 132 g/mol. The largest absolute Gasteiger partial charge is 0.319 e. The molecular formula is C6H14N2O2. The summed E-state index contributed by atoms with van der Waals surface area (Å²) in [6, 6.07) is -0.669. The molecule has 0 aliphatic rings. The molecule has 4 nitrogen and oxygen atoms in total. The minimum atomic E-state index is -0.669. The summed E-state index contributed by atoms with van der Waals surface area (Å²) in [5.41, 5.74) is 6.63. The molecule has 0 rings (SSSR count). The third kappa shape index (κ3) is 2.33. The molecule has 0 aliphatic heterocycles. The first-order valence-corrected chi connectivity index (χ1v) is 3.09. The molecule has 0 saturated heterocycles. The number of nitrogens with one attached hydrogen (secondary N) is 1. The molecule has 0 unspecified atom stereocenters. The number of carbonyl (C=O) groups is 1. The van der Waals surface area contributed by atoms with Crippen LogP contribution in [0.15, 0.2) is 0 Å². The Morgan fingerprint density at radius 2 is 2.00 bits per heavy atom. The number of hydroxylamine groups is 1. The second-order valence-corrected chi connectivity index (χ2v) is 3.32. The highest BCUT2D eigenvalue weighted by Gasteiger charge is 2.26. The molecule has 4 heteroatoms. The fraction of sp³-hybridized carbons (Fsp3) is 0.833. The highest BCUT2D eigenvalue weighted by molar-refractivity contribution is 5.81. The van der Waals surface area contributed by atoms with Gasteiger partial charge in [0.25, 0.3) is 5.91 Å². The molecule has 0 fully saturated rings. The van der Waals surface area contributed by atoms with Crippen molar-refractivity contribution in [3.8, 4) is 0 Å². The van der Waals surface area contributed by atoms with Gasteiger partial charge in [0.1, 0.15) is 0 Å². The topological polar surface area (TPSA) is 75.4 Å². The van der Waals surface area contributed by atoms with Gasteiger partial charge in [0.15, 0.2) is 0 Å². The number of rotatable bonds is 1. The smallest absolute Gasteiger partial charge is 0.260 e. The summed E-state index contributed by atoms with van der Waals surface area (Å²) >= 11 is 0. The van der Waals surface area contributed by atoms with Crippen LogP contribution in [0.3, 0.4) is 0 Å². The lowest BCUT2D eigenvalue weighted by Crippen LogP contribution is -2.47. The number of hydrogen-bond acceptors (Lipinski definition) is 3. The summed E-state index contributed by atoms with van der Waals surface area (Å²) in [4.78, 5) is 10.7. The van der Waals surface area contributed by atoms with E-state index in [1.165, 1.54) is 5.48 Å². The van der Waals surface area contributed by atoms with E-state index in [2.05, 4.69) is 0 Å². The first-order valence-electron chi connectivity index (χ1n) is 3.09. The molecule has 0 spiro atoms. The van der Waals surface area contributed by atoms with E-state index in [0.29, 0.717) is 0 Å². The van der Waals surface area contributed by atoms with E-state index in [-0.39, 0.29) is 5.41 Å². The standard InChI is InChI=1S/C6H14N2O2/c1-6(2,3)4(7)5(9)8-10/h4,10H,7H2,1-3H3,(H,8,9)/t4-/m1/s1. The monoisotopic (exact) mass is 146 g/mol. The van der Waals surface area contributed by atoms with E-state index in [9.17, 15) is 4.79 Å². The predicted molar refractivity (Wildman–Crippen MR) is 37.4 cm³/mol. The first kappa shape index (κ1) is 9.39. The van der Waals surface area contributed by atoms with E-state index >= 15 is 0 Å². The summed E-state index contributed by atoms with van der Waals surface area (Å²) in [6.45, 7) is 5.48. The minimum absolute atomic E-state index is 0.313. The maximum absolute atomic E-state index is 10.7. The molecule has 0 aromatic heterocycles. The Labute approximate surface area is 60.4 Å². The third-order valence-electron chi connectivity index (χ3n) is 1.33. The van der Waals surface area contributed by atoms with Gasteiger partial charge in [-0.05, 0) is 5.41 Å². The van der Waals surface area contributed by atoms with Crippen LogP contribution in [0.25, 0.3) is 0 Å². The van der Waals surface area contributed by atoms with Crippen LogP contribution in [-0.4, -0.2) is 17.2 Å². The van der Waals surface area contributed by atoms with E-state index in [1.54, 1.807) is 0 Å². The molecule has 1 amide bonds. The second-order valence-electron chi connectivity index (χ2n) is 3.32. The normalized spacial score (nSPS) is 14.5.